The van der Waals surface area contributed by atoms with Crippen molar-refractivity contribution in [3.63, 3.8) is 0 Å². The lowest BCUT2D eigenvalue weighted by Gasteiger charge is -2.34. The Kier molecular flexibility index (Phi) is 4.48. The highest BCUT2D eigenvalue weighted by atomic mass is 15.2. The predicted molar refractivity (Wildman–Crippen MR) is 81.4 cm³/mol. The molecule has 2 heteroatoms. The van der Waals surface area contributed by atoms with Crippen molar-refractivity contribution in [3.8, 4) is 0 Å². The largest absolute Gasteiger partial charge is 0.313 e. The van der Waals surface area contributed by atoms with Crippen LogP contribution in [0.2, 0.25) is 0 Å². The second-order valence-electron chi connectivity index (χ2n) is 7.54. The first kappa shape index (κ1) is 13.9. The Balaban J connectivity index is 1.49. The molecule has 0 radical (unpaired) electrons. The van der Waals surface area contributed by atoms with Gasteiger partial charge in [0.15, 0.2) is 0 Å². The maximum absolute atomic E-state index is 3.82. The first-order valence-corrected chi connectivity index (χ1v) is 8.75. The predicted octanol–water partition coefficient (Wildman–Crippen LogP) is 3.42. The number of nitrogens with zero attached hydrogens (tertiary/aromatic N) is 1. The Morgan fingerprint density at radius 3 is 2.63 bits per heavy atom. The summed E-state index contributed by atoms with van der Waals surface area (Å²) in [4.78, 5) is 2.79. The minimum Gasteiger partial charge on any atom is -0.313 e. The number of nitrogens with one attached hydrogen (secondary N) is 1. The van der Waals surface area contributed by atoms with E-state index in [2.05, 4.69) is 17.1 Å². The van der Waals surface area contributed by atoms with Gasteiger partial charge in [0.25, 0.3) is 0 Å². The fraction of sp³-hybridized carbons (Fsp3) is 1.00. The van der Waals surface area contributed by atoms with E-state index < -0.39 is 0 Å². The normalized spacial score (nSPS) is 31.1. The van der Waals surface area contributed by atoms with Crippen molar-refractivity contribution < 1.29 is 0 Å². The average Bonchev–Trinajstić information content (AvgIpc) is 2.97. The molecule has 3 aliphatic rings. The molecule has 0 spiro atoms. The van der Waals surface area contributed by atoms with Crippen LogP contribution in [0.5, 0.6) is 0 Å². The van der Waals surface area contributed by atoms with E-state index >= 15 is 0 Å². The molecule has 0 aromatic rings. The zero-order valence-corrected chi connectivity index (χ0v) is 12.8. The van der Waals surface area contributed by atoms with Gasteiger partial charge in [0, 0.05) is 25.7 Å². The molecule has 2 saturated carbocycles. The SMILES string of the molecule is CCCC1CCN(CC2(CNC3CC3)CCCC2)C1. The number of rotatable bonds is 7. The Hall–Kier alpha value is -0.0800. The first-order valence-electron chi connectivity index (χ1n) is 8.75. The molecule has 1 heterocycles. The highest BCUT2D eigenvalue weighted by Gasteiger charge is 2.38. The van der Waals surface area contributed by atoms with E-state index in [1.54, 1.807) is 0 Å². The molecule has 0 aromatic carbocycles. The minimum absolute atomic E-state index is 0.629. The molecular weight excluding hydrogens is 232 g/mol. The van der Waals surface area contributed by atoms with Crippen molar-refractivity contribution in [3.05, 3.63) is 0 Å². The Labute approximate surface area is 119 Å². The fourth-order valence-corrected chi connectivity index (χ4v) is 4.34. The highest BCUT2D eigenvalue weighted by Crippen LogP contribution is 2.40. The molecule has 2 aliphatic carbocycles. The Bertz CT molecular complexity index is 279. The Morgan fingerprint density at radius 2 is 1.95 bits per heavy atom. The molecule has 19 heavy (non-hydrogen) atoms. The van der Waals surface area contributed by atoms with Gasteiger partial charge in [-0.1, -0.05) is 26.2 Å². The summed E-state index contributed by atoms with van der Waals surface area (Å²) in [6.45, 7) is 7.77. The van der Waals surface area contributed by atoms with Crippen LogP contribution in [-0.2, 0) is 0 Å². The van der Waals surface area contributed by atoms with Gasteiger partial charge in [0.05, 0.1) is 0 Å². The molecule has 2 nitrogen and oxygen atoms in total. The van der Waals surface area contributed by atoms with Gasteiger partial charge in [-0.05, 0) is 56.4 Å². The van der Waals surface area contributed by atoms with Crippen LogP contribution in [0.1, 0.15) is 64.7 Å². The smallest absolute Gasteiger partial charge is 0.00684 e. The molecule has 1 saturated heterocycles. The Morgan fingerprint density at radius 1 is 1.16 bits per heavy atom. The van der Waals surface area contributed by atoms with Gasteiger partial charge >= 0.3 is 0 Å². The van der Waals surface area contributed by atoms with Gasteiger partial charge in [-0.3, -0.25) is 0 Å². The van der Waals surface area contributed by atoms with E-state index in [9.17, 15) is 0 Å². The lowest BCUT2D eigenvalue weighted by molar-refractivity contribution is 0.167. The number of hydrogen-bond acceptors (Lipinski definition) is 2. The lowest BCUT2D eigenvalue weighted by Crippen LogP contribution is -2.42. The van der Waals surface area contributed by atoms with E-state index in [0.29, 0.717) is 5.41 Å². The summed E-state index contributed by atoms with van der Waals surface area (Å²) in [7, 11) is 0. The van der Waals surface area contributed by atoms with Gasteiger partial charge in [0.1, 0.15) is 0 Å². The molecule has 1 aliphatic heterocycles. The van der Waals surface area contributed by atoms with Crippen LogP contribution in [0.15, 0.2) is 0 Å². The zero-order chi connectivity index (χ0) is 13.1. The molecule has 1 unspecified atom stereocenters. The van der Waals surface area contributed by atoms with Gasteiger partial charge in [0.2, 0.25) is 0 Å². The quantitative estimate of drug-likeness (QED) is 0.758. The van der Waals surface area contributed by atoms with Crippen molar-refractivity contribution >= 4 is 0 Å². The maximum Gasteiger partial charge on any atom is 0.00684 e. The van der Waals surface area contributed by atoms with E-state index in [1.807, 2.05) is 0 Å². The first-order chi connectivity index (χ1) is 9.30. The second kappa shape index (κ2) is 6.13. The van der Waals surface area contributed by atoms with Crippen LogP contribution in [0.3, 0.4) is 0 Å². The fourth-order valence-electron chi connectivity index (χ4n) is 4.34. The minimum atomic E-state index is 0.629. The van der Waals surface area contributed by atoms with Crippen LogP contribution in [0.25, 0.3) is 0 Å². The molecule has 3 fully saturated rings. The monoisotopic (exact) mass is 264 g/mol. The van der Waals surface area contributed by atoms with Crippen LogP contribution in [-0.4, -0.2) is 37.1 Å². The third-order valence-corrected chi connectivity index (χ3v) is 5.63. The molecule has 1 N–H and O–H groups in total. The molecule has 3 rings (SSSR count). The summed E-state index contributed by atoms with van der Waals surface area (Å²) < 4.78 is 0. The maximum atomic E-state index is 3.82. The lowest BCUT2D eigenvalue weighted by atomic mass is 9.85. The van der Waals surface area contributed by atoms with Crippen LogP contribution >= 0.6 is 0 Å². The third kappa shape index (κ3) is 3.72. The van der Waals surface area contributed by atoms with Crippen molar-refractivity contribution in [2.24, 2.45) is 11.3 Å². The van der Waals surface area contributed by atoms with E-state index in [4.69, 9.17) is 0 Å². The number of hydrogen-bond donors (Lipinski definition) is 1. The van der Waals surface area contributed by atoms with E-state index in [1.165, 1.54) is 84.0 Å². The van der Waals surface area contributed by atoms with Crippen molar-refractivity contribution in [2.75, 3.05) is 26.2 Å². The van der Waals surface area contributed by atoms with Crippen molar-refractivity contribution in [1.29, 1.82) is 0 Å². The van der Waals surface area contributed by atoms with Crippen molar-refractivity contribution in [1.82, 2.24) is 10.2 Å². The molecule has 0 aromatic heterocycles. The summed E-state index contributed by atoms with van der Waals surface area (Å²) in [5.41, 5.74) is 0.629. The van der Waals surface area contributed by atoms with Crippen molar-refractivity contribution in [2.45, 2.75) is 70.8 Å². The summed E-state index contributed by atoms with van der Waals surface area (Å²) in [5, 5.41) is 3.82. The summed E-state index contributed by atoms with van der Waals surface area (Å²) in [6.07, 6.45) is 13.0. The van der Waals surface area contributed by atoms with Gasteiger partial charge in [-0.25, -0.2) is 0 Å². The molecular formula is C17H32N2. The molecule has 1 atom stereocenters. The average molecular weight is 264 g/mol. The van der Waals surface area contributed by atoms with Gasteiger partial charge in [-0.2, -0.15) is 0 Å². The summed E-state index contributed by atoms with van der Waals surface area (Å²) in [5.74, 6) is 1.000. The van der Waals surface area contributed by atoms with Crippen LogP contribution < -0.4 is 5.32 Å². The number of likely N-dealkylation sites (tertiary alicyclic amines) is 1. The van der Waals surface area contributed by atoms with E-state index in [0.717, 1.165) is 12.0 Å². The third-order valence-electron chi connectivity index (χ3n) is 5.63. The molecule has 0 bridgehead atoms. The topological polar surface area (TPSA) is 15.3 Å². The van der Waals surface area contributed by atoms with Crippen LogP contribution in [0.4, 0.5) is 0 Å². The summed E-state index contributed by atoms with van der Waals surface area (Å²) in [6, 6.07) is 0.879. The van der Waals surface area contributed by atoms with E-state index in [-0.39, 0.29) is 0 Å². The molecule has 110 valence electrons. The van der Waals surface area contributed by atoms with Gasteiger partial charge < -0.3 is 10.2 Å². The zero-order valence-electron chi connectivity index (χ0n) is 12.8. The van der Waals surface area contributed by atoms with Crippen LogP contribution in [0, 0.1) is 11.3 Å². The summed E-state index contributed by atoms with van der Waals surface area (Å²) >= 11 is 0. The molecule has 0 amide bonds. The standard InChI is InChI=1S/C17H32N2/c1-2-5-15-8-11-19(12-15)14-17(9-3-4-10-17)13-18-16-6-7-16/h15-16,18H,2-14H2,1H3. The van der Waals surface area contributed by atoms with Gasteiger partial charge in [-0.15, -0.1) is 0 Å². The highest BCUT2D eigenvalue weighted by molar-refractivity contribution is 4.93. The second-order valence-corrected chi connectivity index (χ2v) is 7.54.